The van der Waals surface area contributed by atoms with E-state index < -0.39 is 5.66 Å². The molecule has 104 valence electrons. The molecule has 0 atom stereocenters. The molecule has 0 bridgehead atoms. The molecule has 20 heavy (non-hydrogen) atoms. The molecule has 0 aromatic heterocycles. The van der Waals surface area contributed by atoms with E-state index in [1.165, 1.54) is 0 Å². The van der Waals surface area contributed by atoms with Gasteiger partial charge in [-0.3, -0.25) is 9.79 Å². The van der Waals surface area contributed by atoms with Gasteiger partial charge in [-0.1, -0.05) is 0 Å². The maximum Gasteiger partial charge on any atom is 0.257 e. The Labute approximate surface area is 124 Å². The highest BCUT2D eigenvalue weighted by molar-refractivity contribution is 9.10. The van der Waals surface area contributed by atoms with Crippen molar-refractivity contribution in [1.82, 2.24) is 4.90 Å². The van der Waals surface area contributed by atoms with Gasteiger partial charge in [0, 0.05) is 18.0 Å². The Balaban J connectivity index is 2.51. The van der Waals surface area contributed by atoms with Crippen molar-refractivity contribution in [3.63, 3.8) is 0 Å². The minimum atomic E-state index is -0.395. The zero-order valence-corrected chi connectivity index (χ0v) is 13.3. The molecule has 0 amide bonds. The lowest BCUT2D eigenvalue weighted by Gasteiger charge is -2.37. The van der Waals surface area contributed by atoms with E-state index in [0.717, 1.165) is 22.5 Å². The summed E-state index contributed by atoms with van der Waals surface area (Å²) in [5.74, 6) is -0.265. The van der Waals surface area contributed by atoms with Gasteiger partial charge in [0.25, 0.3) is 5.78 Å². The van der Waals surface area contributed by atoms with Crippen molar-refractivity contribution in [1.29, 1.82) is 0 Å². The Morgan fingerprint density at radius 2 is 2.10 bits per heavy atom. The van der Waals surface area contributed by atoms with Crippen molar-refractivity contribution >= 4 is 39.3 Å². The summed E-state index contributed by atoms with van der Waals surface area (Å²) in [5.41, 5.74) is 1.41. The van der Waals surface area contributed by atoms with Gasteiger partial charge < -0.3 is 10.1 Å². The highest BCUT2D eigenvalue weighted by Crippen LogP contribution is 2.30. The van der Waals surface area contributed by atoms with E-state index >= 15 is 0 Å². The normalized spacial score (nSPS) is 19.4. The number of carbonyl (C=O) groups excluding carboxylic acids is 1. The Kier molecular flexibility index (Phi) is 2.60. The van der Waals surface area contributed by atoms with Gasteiger partial charge in [-0.25, -0.2) is 0 Å². The largest absolute Gasteiger partial charge is 0.618 e. The van der Waals surface area contributed by atoms with Crippen LogP contribution in [0.4, 0.5) is 5.69 Å². The van der Waals surface area contributed by atoms with Crippen molar-refractivity contribution in [3.05, 3.63) is 31.9 Å². The second kappa shape index (κ2) is 3.91. The van der Waals surface area contributed by atoms with Gasteiger partial charge in [-0.05, 0) is 42.8 Å². The van der Waals surface area contributed by atoms with Crippen LogP contribution in [0.3, 0.4) is 0 Å². The van der Waals surface area contributed by atoms with Gasteiger partial charge in [-0.2, -0.15) is 4.74 Å². The van der Waals surface area contributed by atoms with E-state index in [-0.39, 0.29) is 5.78 Å². The van der Waals surface area contributed by atoms with E-state index in [2.05, 4.69) is 20.8 Å². The maximum atomic E-state index is 11.9. The summed E-state index contributed by atoms with van der Waals surface area (Å²) < 4.78 is 1.20. The Hall–Kier alpha value is -1.69. The molecule has 0 radical (unpaired) electrons. The molecule has 0 N–H and O–H groups in total. The van der Waals surface area contributed by atoms with Crippen molar-refractivity contribution in [3.8, 4) is 0 Å². The van der Waals surface area contributed by atoms with Gasteiger partial charge in [0.1, 0.15) is 15.7 Å². The second-order valence-corrected chi connectivity index (χ2v) is 6.35. The highest BCUT2D eigenvalue weighted by Gasteiger charge is 2.33. The van der Waals surface area contributed by atoms with Crippen LogP contribution in [0.5, 0.6) is 0 Å². The van der Waals surface area contributed by atoms with Crippen LogP contribution in [-0.2, 0) is 0 Å². The molecular weight excluding hydrogens is 322 g/mol. The predicted molar refractivity (Wildman–Crippen MR) is 79.5 cm³/mol. The first-order valence-corrected chi connectivity index (χ1v) is 7.06. The van der Waals surface area contributed by atoms with Crippen LogP contribution in [0.1, 0.15) is 31.1 Å². The van der Waals surface area contributed by atoms with E-state index in [4.69, 9.17) is 4.99 Å². The number of hydrogen-bond donors (Lipinski definition) is 0. The van der Waals surface area contributed by atoms with E-state index in [0.29, 0.717) is 20.5 Å². The molecule has 0 unspecified atom stereocenters. The quantitative estimate of drug-likeness (QED) is 0.530. The molecule has 0 spiro atoms. The molecular formula is C14H14BrN3O2. The lowest BCUT2D eigenvalue weighted by atomic mass is 10.0. The third-order valence-electron chi connectivity index (χ3n) is 4.03. The van der Waals surface area contributed by atoms with E-state index in [1.807, 2.05) is 27.8 Å². The summed E-state index contributed by atoms with van der Waals surface area (Å²) >= 11 is 3.45. The van der Waals surface area contributed by atoms with Gasteiger partial charge in [0.05, 0.1) is 5.36 Å². The van der Waals surface area contributed by atoms with E-state index in [9.17, 15) is 10.0 Å². The first kappa shape index (κ1) is 13.3. The summed E-state index contributed by atoms with van der Waals surface area (Å²) in [5, 5.41) is 13.5. The van der Waals surface area contributed by atoms with Crippen LogP contribution in [0.25, 0.3) is 5.70 Å². The highest BCUT2D eigenvalue weighted by atomic mass is 79.9. The molecule has 1 aromatic carbocycles. The fourth-order valence-electron chi connectivity index (χ4n) is 2.60. The molecule has 2 aliphatic heterocycles. The van der Waals surface area contributed by atoms with Crippen LogP contribution in [0, 0.1) is 5.21 Å². The Bertz CT molecular complexity index is 809. The van der Waals surface area contributed by atoms with Gasteiger partial charge in [-0.15, -0.1) is 0 Å². The number of fused-ring (bicyclic) bond motifs is 2. The number of carbonyl (C=O) groups is 1. The van der Waals surface area contributed by atoms with Crippen molar-refractivity contribution < 1.29 is 9.53 Å². The number of rotatable bonds is 0. The molecule has 0 fully saturated rings. The smallest absolute Gasteiger partial charge is 0.257 e. The Morgan fingerprint density at radius 1 is 1.45 bits per heavy atom. The van der Waals surface area contributed by atoms with Gasteiger partial charge in [0.2, 0.25) is 11.9 Å². The van der Waals surface area contributed by atoms with Crippen LogP contribution in [0.2, 0.25) is 0 Å². The first-order valence-electron chi connectivity index (χ1n) is 6.27. The van der Waals surface area contributed by atoms with Crippen molar-refractivity contribution in [2.24, 2.45) is 4.99 Å². The number of hydrogen-bond acceptors (Lipinski definition) is 4. The summed E-state index contributed by atoms with van der Waals surface area (Å²) in [6.07, 6.45) is 1.06. The fraction of sp³-hybridized carbons (Fsp3) is 0.357. The van der Waals surface area contributed by atoms with Crippen LogP contribution >= 0.6 is 15.9 Å². The summed E-state index contributed by atoms with van der Waals surface area (Å²) in [4.78, 5) is 18.6. The molecule has 3 rings (SSSR count). The number of nitrogens with zero attached hydrogens (tertiary/aromatic N) is 3. The number of benzene rings is 1. The maximum absolute atomic E-state index is 11.9. The molecule has 0 saturated carbocycles. The lowest BCUT2D eigenvalue weighted by molar-refractivity contribution is -0.351. The predicted octanol–water partition coefficient (Wildman–Crippen LogP) is 1.29. The standard InChI is InChI=1S/C14H14BrN3O2/c1-7-8-5-9-10(19)6-18(20)13(9)11(15)12(8)16-14(2,3)17(7)4/h5-6H,1-4H3. The minimum Gasteiger partial charge on any atom is -0.618 e. The van der Waals surface area contributed by atoms with Crippen molar-refractivity contribution in [2.45, 2.75) is 26.4 Å². The van der Waals surface area contributed by atoms with E-state index in [1.54, 1.807) is 6.07 Å². The van der Waals surface area contributed by atoms with Crippen LogP contribution in [0.15, 0.2) is 15.5 Å². The fourth-order valence-corrected chi connectivity index (χ4v) is 3.29. The molecule has 6 heteroatoms. The topological polar surface area (TPSA) is 58.7 Å². The number of halogens is 1. The summed E-state index contributed by atoms with van der Waals surface area (Å²) in [6.45, 7) is 6.00. The van der Waals surface area contributed by atoms with Gasteiger partial charge in [0.15, 0.2) is 0 Å². The first-order chi connectivity index (χ1) is 9.24. The SMILES string of the molecule is CC1=c2cc3c(c(Br)c2=NC(C)(C)N1C)[N+]([O-])=CC3=O. The van der Waals surface area contributed by atoms with Crippen molar-refractivity contribution in [2.75, 3.05) is 7.05 Å². The number of Topliss-reactive ketones (excluding diaryl/α,β-unsaturated/α-hetero) is 1. The molecule has 5 nitrogen and oxygen atoms in total. The lowest BCUT2D eigenvalue weighted by Crippen LogP contribution is -2.49. The number of ketones is 1. The monoisotopic (exact) mass is 335 g/mol. The third kappa shape index (κ3) is 1.57. The minimum absolute atomic E-state index is 0.265. The zero-order valence-electron chi connectivity index (χ0n) is 11.7. The summed E-state index contributed by atoms with van der Waals surface area (Å²) in [7, 11) is 1.97. The van der Waals surface area contributed by atoms with Crippen LogP contribution in [-0.4, -0.2) is 34.3 Å². The second-order valence-electron chi connectivity index (χ2n) is 5.55. The Morgan fingerprint density at radius 3 is 2.75 bits per heavy atom. The summed E-state index contributed by atoms with van der Waals surface area (Å²) in [6, 6.07) is 1.76. The molecule has 0 saturated heterocycles. The molecule has 0 aliphatic carbocycles. The zero-order chi connectivity index (χ0) is 14.8. The molecule has 2 aliphatic rings. The molecule has 2 heterocycles. The molecule has 1 aromatic rings. The third-order valence-corrected chi connectivity index (χ3v) is 4.79. The average Bonchev–Trinajstić information content (AvgIpc) is 2.64. The average molecular weight is 336 g/mol. The van der Waals surface area contributed by atoms with Crippen LogP contribution < -0.4 is 10.6 Å². The van der Waals surface area contributed by atoms with Gasteiger partial charge >= 0.3 is 0 Å².